The lowest BCUT2D eigenvalue weighted by Crippen LogP contribution is -2.38. The van der Waals surface area contributed by atoms with Crippen molar-refractivity contribution in [3.8, 4) is 0 Å². The molecule has 1 aliphatic heterocycles. The van der Waals surface area contributed by atoms with Crippen molar-refractivity contribution in [1.29, 1.82) is 0 Å². The SMILES string of the molecule is NCCCC(=O)Nc1ccc(N2CCCCS2(=O)=O)c(Cl)c1. The Kier molecular flexibility index (Phi) is 5.66. The van der Waals surface area contributed by atoms with Crippen LogP contribution < -0.4 is 15.4 Å². The van der Waals surface area contributed by atoms with Gasteiger partial charge in [-0.15, -0.1) is 0 Å². The Hall–Kier alpha value is -1.31. The molecule has 3 N–H and O–H groups in total. The van der Waals surface area contributed by atoms with Gasteiger partial charge >= 0.3 is 0 Å². The molecule has 2 rings (SSSR count). The lowest BCUT2D eigenvalue weighted by Gasteiger charge is -2.29. The number of hydrogen-bond acceptors (Lipinski definition) is 4. The predicted molar refractivity (Wildman–Crippen MR) is 88.7 cm³/mol. The van der Waals surface area contributed by atoms with Gasteiger partial charge < -0.3 is 11.1 Å². The van der Waals surface area contributed by atoms with Crippen LogP contribution in [0, 0.1) is 0 Å². The van der Waals surface area contributed by atoms with Gasteiger partial charge in [0.15, 0.2) is 0 Å². The van der Waals surface area contributed by atoms with Crippen molar-refractivity contribution in [2.75, 3.05) is 28.5 Å². The maximum Gasteiger partial charge on any atom is 0.235 e. The van der Waals surface area contributed by atoms with Crippen molar-refractivity contribution in [3.63, 3.8) is 0 Å². The van der Waals surface area contributed by atoms with Crippen molar-refractivity contribution in [2.24, 2.45) is 5.73 Å². The summed E-state index contributed by atoms with van der Waals surface area (Å²) < 4.78 is 25.5. The third-order valence-electron chi connectivity index (χ3n) is 3.46. The summed E-state index contributed by atoms with van der Waals surface area (Å²) >= 11 is 6.20. The van der Waals surface area contributed by atoms with Gasteiger partial charge in [-0.3, -0.25) is 9.10 Å². The zero-order valence-corrected chi connectivity index (χ0v) is 13.8. The highest BCUT2D eigenvalue weighted by atomic mass is 35.5. The van der Waals surface area contributed by atoms with Gasteiger partial charge in [0.1, 0.15) is 0 Å². The average Bonchev–Trinajstić information content (AvgIpc) is 2.46. The van der Waals surface area contributed by atoms with E-state index in [0.29, 0.717) is 48.7 Å². The van der Waals surface area contributed by atoms with E-state index in [0.717, 1.165) is 6.42 Å². The molecule has 122 valence electrons. The van der Waals surface area contributed by atoms with Crippen LogP contribution in [0.2, 0.25) is 5.02 Å². The van der Waals surface area contributed by atoms with Crippen LogP contribution in [-0.4, -0.2) is 33.2 Å². The second-order valence-electron chi connectivity index (χ2n) is 5.20. The quantitative estimate of drug-likeness (QED) is 0.853. The number of nitrogens with one attached hydrogen (secondary N) is 1. The molecule has 0 atom stereocenters. The smallest absolute Gasteiger partial charge is 0.235 e. The third kappa shape index (κ3) is 4.12. The standard InChI is InChI=1S/C14H20ClN3O3S/c15-12-10-11(17-14(19)4-3-7-16)5-6-13(12)18-8-1-2-9-22(18,20)21/h5-6,10H,1-4,7-9,16H2,(H,17,19). The number of anilines is 2. The second-order valence-corrected chi connectivity index (χ2v) is 7.62. The molecule has 0 spiro atoms. The van der Waals surface area contributed by atoms with Crippen molar-refractivity contribution in [2.45, 2.75) is 25.7 Å². The van der Waals surface area contributed by atoms with Crippen LogP contribution in [0.1, 0.15) is 25.7 Å². The number of amides is 1. The lowest BCUT2D eigenvalue weighted by molar-refractivity contribution is -0.116. The first-order valence-corrected chi connectivity index (χ1v) is 9.22. The zero-order valence-electron chi connectivity index (χ0n) is 12.2. The summed E-state index contributed by atoms with van der Waals surface area (Å²) in [6, 6.07) is 4.86. The summed E-state index contributed by atoms with van der Waals surface area (Å²) in [6.45, 7) is 0.893. The van der Waals surface area contributed by atoms with E-state index in [-0.39, 0.29) is 11.7 Å². The molecule has 1 aromatic carbocycles. The summed E-state index contributed by atoms with van der Waals surface area (Å²) in [5, 5.41) is 3.03. The zero-order chi connectivity index (χ0) is 16.2. The Morgan fingerprint density at radius 2 is 2.14 bits per heavy atom. The molecule has 8 heteroatoms. The fraction of sp³-hybridized carbons (Fsp3) is 0.500. The van der Waals surface area contributed by atoms with E-state index in [1.807, 2.05) is 0 Å². The fourth-order valence-electron chi connectivity index (χ4n) is 2.33. The number of hydrogen-bond donors (Lipinski definition) is 2. The highest BCUT2D eigenvalue weighted by Gasteiger charge is 2.27. The monoisotopic (exact) mass is 345 g/mol. The van der Waals surface area contributed by atoms with E-state index in [1.165, 1.54) is 4.31 Å². The fourth-order valence-corrected chi connectivity index (χ4v) is 4.32. The first-order valence-electron chi connectivity index (χ1n) is 7.24. The molecule has 1 aliphatic rings. The molecule has 0 bridgehead atoms. The summed E-state index contributed by atoms with van der Waals surface area (Å²) in [7, 11) is -3.30. The van der Waals surface area contributed by atoms with Gasteiger partial charge in [0.2, 0.25) is 15.9 Å². The van der Waals surface area contributed by atoms with Crippen molar-refractivity contribution in [3.05, 3.63) is 23.2 Å². The highest BCUT2D eigenvalue weighted by molar-refractivity contribution is 7.92. The van der Waals surface area contributed by atoms with E-state index >= 15 is 0 Å². The van der Waals surface area contributed by atoms with Crippen LogP contribution in [-0.2, 0) is 14.8 Å². The minimum Gasteiger partial charge on any atom is -0.330 e. The van der Waals surface area contributed by atoms with Crippen LogP contribution in [0.25, 0.3) is 0 Å². The van der Waals surface area contributed by atoms with Crippen LogP contribution in [0.3, 0.4) is 0 Å². The number of nitrogens with two attached hydrogens (primary N) is 1. The van der Waals surface area contributed by atoms with Gasteiger partial charge in [0.25, 0.3) is 0 Å². The Morgan fingerprint density at radius 3 is 2.77 bits per heavy atom. The topological polar surface area (TPSA) is 92.5 Å². The molecule has 1 heterocycles. The van der Waals surface area contributed by atoms with Crippen molar-refractivity contribution < 1.29 is 13.2 Å². The molecule has 0 saturated carbocycles. The van der Waals surface area contributed by atoms with Gasteiger partial charge in [-0.05, 0) is 44.0 Å². The number of rotatable bonds is 5. The van der Waals surface area contributed by atoms with Gasteiger partial charge in [0.05, 0.1) is 16.5 Å². The molecule has 0 unspecified atom stereocenters. The van der Waals surface area contributed by atoms with Gasteiger partial charge in [-0.1, -0.05) is 11.6 Å². The minimum absolute atomic E-state index is 0.139. The molecule has 0 radical (unpaired) electrons. The summed E-state index contributed by atoms with van der Waals surface area (Å²) in [5.74, 6) is 0.000769. The number of carbonyl (C=O) groups excluding carboxylic acids is 1. The number of nitrogens with zero attached hydrogens (tertiary/aromatic N) is 1. The second kappa shape index (κ2) is 7.30. The largest absolute Gasteiger partial charge is 0.330 e. The van der Waals surface area contributed by atoms with Gasteiger partial charge in [0, 0.05) is 18.7 Å². The molecular weight excluding hydrogens is 326 g/mol. The maximum absolute atomic E-state index is 12.1. The number of halogens is 1. The summed E-state index contributed by atoms with van der Waals surface area (Å²) in [4.78, 5) is 11.7. The van der Waals surface area contributed by atoms with E-state index < -0.39 is 10.0 Å². The molecule has 6 nitrogen and oxygen atoms in total. The van der Waals surface area contributed by atoms with E-state index in [1.54, 1.807) is 18.2 Å². The first-order chi connectivity index (χ1) is 10.4. The first kappa shape index (κ1) is 17.1. The minimum atomic E-state index is -3.30. The summed E-state index contributed by atoms with van der Waals surface area (Å²) in [5.41, 5.74) is 6.36. The van der Waals surface area contributed by atoms with Crippen LogP contribution >= 0.6 is 11.6 Å². The van der Waals surface area contributed by atoms with E-state index in [2.05, 4.69) is 5.32 Å². The molecule has 1 fully saturated rings. The summed E-state index contributed by atoms with van der Waals surface area (Å²) in [6.07, 6.45) is 2.44. The highest BCUT2D eigenvalue weighted by Crippen LogP contribution is 2.32. The molecule has 0 aromatic heterocycles. The Bertz CT molecular complexity index is 649. The lowest BCUT2D eigenvalue weighted by atomic mass is 10.2. The van der Waals surface area contributed by atoms with Crippen molar-refractivity contribution >= 4 is 38.9 Å². The molecule has 22 heavy (non-hydrogen) atoms. The molecular formula is C14H20ClN3O3S. The average molecular weight is 346 g/mol. The van der Waals surface area contributed by atoms with Crippen LogP contribution in [0.4, 0.5) is 11.4 Å². The Morgan fingerprint density at radius 1 is 1.36 bits per heavy atom. The number of carbonyl (C=O) groups is 1. The van der Waals surface area contributed by atoms with Crippen molar-refractivity contribution in [1.82, 2.24) is 0 Å². The molecule has 1 saturated heterocycles. The normalized spacial score (nSPS) is 17.3. The number of sulfonamides is 1. The molecule has 1 amide bonds. The molecule has 0 aliphatic carbocycles. The van der Waals surface area contributed by atoms with Crippen LogP contribution in [0.5, 0.6) is 0 Å². The Labute approximate surface area is 135 Å². The Balaban J connectivity index is 2.14. The van der Waals surface area contributed by atoms with E-state index in [4.69, 9.17) is 17.3 Å². The van der Waals surface area contributed by atoms with Gasteiger partial charge in [-0.25, -0.2) is 8.42 Å². The maximum atomic E-state index is 12.1. The predicted octanol–water partition coefficient (Wildman–Crippen LogP) is 1.95. The van der Waals surface area contributed by atoms with E-state index in [9.17, 15) is 13.2 Å². The van der Waals surface area contributed by atoms with Gasteiger partial charge in [-0.2, -0.15) is 0 Å². The van der Waals surface area contributed by atoms with Crippen LogP contribution in [0.15, 0.2) is 18.2 Å². The third-order valence-corrected chi connectivity index (χ3v) is 5.62. The number of benzene rings is 1. The molecule has 1 aromatic rings.